The van der Waals surface area contributed by atoms with Crippen LogP contribution in [0.25, 0.3) is 0 Å². The standard InChI is InChI=1S/C20H36N3O9P/c1-19(2,3)14-10-13(23(6)22-14)18(26)29-12-31-33(27)30-11-20(4,5)16(32-33)17(25)21-9-8-15(24)28-7/h13-14,16,22H,8-12H2,1-7H3,(H,21,25)/t13?,14?,16-,33?/m0/s1. The van der Waals surface area contributed by atoms with Crippen LogP contribution >= 0.6 is 7.82 Å². The van der Waals surface area contributed by atoms with Gasteiger partial charge in [-0.15, -0.1) is 0 Å². The van der Waals surface area contributed by atoms with Gasteiger partial charge in [0.25, 0.3) is 0 Å². The van der Waals surface area contributed by atoms with Gasteiger partial charge in [-0.05, 0) is 11.8 Å². The second-order valence-corrected chi connectivity index (χ2v) is 11.6. The zero-order valence-electron chi connectivity index (χ0n) is 20.3. The molecule has 2 heterocycles. The molecule has 4 atom stereocenters. The number of rotatable bonds is 8. The van der Waals surface area contributed by atoms with Gasteiger partial charge in [-0.25, -0.2) is 14.1 Å². The van der Waals surface area contributed by atoms with Crippen LogP contribution in [0.2, 0.25) is 0 Å². The molecule has 0 bridgehead atoms. The summed E-state index contributed by atoms with van der Waals surface area (Å²) in [5, 5.41) is 4.23. The average Bonchev–Trinajstić information content (AvgIpc) is 3.12. The van der Waals surface area contributed by atoms with Crippen molar-refractivity contribution in [2.24, 2.45) is 10.8 Å². The van der Waals surface area contributed by atoms with Crippen LogP contribution in [0.15, 0.2) is 0 Å². The molecule has 0 spiro atoms. The number of hydrazine groups is 1. The summed E-state index contributed by atoms with van der Waals surface area (Å²) < 4.78 is 38.3. The fourth-order valence-corrected chi connectivity index (χ4v) is 4.90. The molecule has 1 amide bonds. The van der Waals surface area contributed by atoms with E-state index in [4.69, 9.17) is 18.3 Å². The largest absolute Gasteiger partial charge is 0.478 e. The molecule has 3 unspecified atom stereocenters. The summed E-state index contributed by atoms with van der Waals surface area (Å²) in [5.41, 5.74) is 2.38. The van der Waals surface area contributed by atoms with Gasteiger partial charge in [0.15, 0.2) is 6.10 Å². The van der Waals surface area contributed by atoms with Gasteiger partial charge in [-0.2, -0.15) is 0 Å². The van der Waals surface area contributed by atoms with Crippen LogP contribution in [0, 0.1) is 10.8 Å². The number of phosphoric acid groups is 1. The lowest BCUT2D eigenvalue weighted by molar-refractivity contribution is -0.160. The minimum absolute atomic E-state index is 0.0173. The van der Waals surface area contributed by atoms with E-state index in [-0.39, 0.29) is 31.0 Å². The molecule has 13 heteroatoms. The first-order valence-corrected chi connectivity index (χ1v) is 12.2. The summed E-state index contributed by atoms with van der Waals surface area (Å²) in [6, 6.07) is -0.441. The van der Waals surface area contributed by atoms with Gasteiger partial charge in [-0.3, -0.25) is 28.9 Å². The predicted molar refractivity (Wildman–Crippen MR) is 116 cm³/mol. The zero-order chi connectivity index (χ0) is 25.0. The molecule has 2 rings (SSSR count). The Morgan fingerprint density at radius 3 is 2.52 bits per heavy atom. The van der Waals surface area contributed by atoms with Gasteiger partial charge in [0.1, 0.15) is 6.04 Å². The van der Waals surface area contributed by atoms with Crippen molar-refractivity contribution in [3.8, 4) is 0 Å². The maximum atomic E-state index is 12.9. The molecular weight excluding hydrogens is 457 g/mol. The fourth-order valence-electron chi connectivity index (χ4n) is 3.39. The number of nitrogens with zero attached hydrogens (tertiary/aromatic N) is 1. The highest BCUT2D eigenvalue weighted by atomic mass is 31.2. The number of hydrogen-bond acceptors (Lipinski definition) is 11. The van der Waals surface area contributed by atoms with Crippen molar-refractivity contribution in [3.63, 3.8) is 0 Å². The maximum absolute atomic E-state index is 12.9. The number of nitrogens with one attached hydrogen (secondary N) is 2. The van der Waals surface area contributed by atoms with E-state index >= 15 is 0 Å². The van der Waals surface area contributed by atoms with Crippen molar-refractivity contribution in [2.45, 2.75) is 65.6 Å². The molecule has 2 aliphatic heterocycles. The number of hydrogen-bond donors (Lipinski definition) is 2. The highest BCUT2D eigenvalue weighted by molar-refractivity contribution is 7.48. The molecule has 190 valence electrons. The van der Waals surface area contributed by atoms with Gasteiger partial charge in [0, 0.05) is 25.0 Å². The van der Waals surface area contributed by atoms with E-state index in [1.807, 2.05) is 0 Å². The Kier molecular flexibility index (Phi) is 9.05. The van der Waals surface area contributed by atoms with Gasteiger partial charge < -0.3 is 14.8 Å². The fraction of sp³-hybridized carbons (Fsp3) is 0.850. The summed E-state index contributed by atoms with van der Waals surface area (Å²) in [6.45, 7) is 8.91. The second kappa shape index (κ2) is 10.8. The Morgan fingerprint density at radius 2 is 1.94 bits per heavy atom. The molecule has 2 saturated heterocycles. The predicted octanol–water partition coefficient (Wildman–Crippen LogP) is 1.36. The number of esters is 2. The van der Waals surface area contributed by atoms with Crippen molar-refractivity contribution in [2.75, 3.05) is 34.1 Å². The number of methoxy groups -OCH3 is 1. The van der Waals surface area contributed by atoms with Crippen LogP contribution in [-0.4, -0.2) is 75.1 Å². The van der Waals surface area contributed by atoms with Crippen molar-refractivity contribution >= 4 is 25.7 Å². The summed E-state index contributed by atoms with van der Waals surface area (Å²) in [4.78, 5) is 36.3. The van der Waals surface area contributed by atoms with Crippen molar-refractivity contribution in [1.82, 2.24) is 15.8 Å². The van der Waals surface area contributed by atoms with E-state index in [1.54, 1.807) is 25.9 Å². The minimum atomic E-state index is -4.16. The van der Waals surface area contributed by atoms with E-state index in [9.17, 15) is 18.9 Å². The SMILES string of the molecule is COC(=O)CCNC(=O)[C@@H]1OP(=O)(OCOC(=O)C2CC(C(C)(C)C)NN2C)OCC1(C)C. The molecule has 0 aromatic heterocycles. The Bertz CT molecular complexity index is 783. The molecule has 2 aliphatic rings. The maximum Gasteiger partial charge on any atom is 0.478 e. The molecular formula is C20H36N3O9P. The molecule has 0 aliphatic carbocycles. The van der Waals surface area contributed by atoms with E-state index in [0.717, 1.165) is 0 Å². The normalized spacial score (nSPS) is 30.0. The van der Waals surface area contributed by atoms with Crippen molar-refractivity contribution in [3.05, 3.63) is 0 Å². The van der Waals surface area contributed by atoms with Crippen LogP contribution in [0.1, 0.15) is 47.5 Å². The highest BCUT2D eigenvalue weighted by Crippen LogP contribution is 2.57. The monoisotopic (exact) mass is 493 g/mol. The van der Waals surface area contributed by atoms with Gasteiger partial charge >= 0.3 is 19.8 Å². The third-order valence-corrected chi connectivity index (χ3v) is 6.98. The molecule has 12 nitrogen and oxygen atoms in total. The van der Waals surface area contributed by atoms with E-state index in [0.29, 0.717) is 6.42 Å². The lowest BCUT2D eigenvalue weighted by atomic mass is 9.85. The molecule has 0 aromatic carbocycles. The number of amides is 1. The highest BCUT2D eigenvalue weighted by Gasteiger charge is 2.49. The van der Waals surface area contributed by atoms with Crippen LogP contribution in [0.4, 0.5) is 0 Å². The minimum Gasteiger partial charge on any atom is -0.469 e. The lowest BCUT2D eigenvalue weighted by Gasteiger charge is -2.39. The molecule has 2 N–H and O–H groups in total. The first-order chi connectivity index (χ1) is 15.2. The van der Waals surface area contributed by atoms with Gasteiger partial charge in [0.2, 0.25) is 12.7 Å². The third kappa shape index (κ3) is 7.46. The summed E-state index contributed by atoms with van der Waals surface area (Å²) in [6.07, 6.45) is -0.634. The summed E-state index contributed by atoms with van der Waals surface area (Å²) in [7, 11) is -1.16. The summed E-state index contributed by atoms with van der Waals surface area (Å²) >= 11 is 0. The van der Waals surface area contributed by atoms with Gasteiger partial charge in [0.05, 0.1) is 20.1 Å². The lowest BCUT2D eigenvalue weighted by Crippen LogP contribution is -2.50. The van der Waals surface area contributed by atoms with E-state index in [1.165, 1.54) is 7.11 Å². The van der Waals surface area contributed by atoms with E-state index < -0.39 is 50.0 Å². The topological polar surface area (TPSA) is 142 Å². The average molecular weight is 493 g/mol. The van der Waals surface area contributed by atoms with Crippen LogP contribution in [0.3, 0.4) is 0 Å². The smallest absolute Gasteiger partial charge is 0.469 e. The first kappa shape index (κ1) is 27.7. The quantitative estimate of drug-likeness (QED) is 0.287. The van der Waals surface area contributed by atoms with Gasteiger partial charge in [-0.1, -0.05) is 34.6 Å². The third-order valence-electron chi connectivity index (χ3n) is 5.65. The summed E-state index contributed by atoms with van der Waals surface area (Å²) in [5.74, 6) is -1.59. The first-order valence-electron chi connectivity index (χ1n) is 10.8. The second-order valence-electron chi connectivity index (χ2n) is 9.93. The van der Waals surface area contributed by atoms with Crippen LogP contribution in [-0.2, 0) is 42.0 Å². The zero-order valence-corrected chi connectivity index (χ0v) is 21.2. The molecule has 0 saturated carbocycles. The molecule has 2 fully saturated rings. The Hall–Kier alpha value is -1.56. The van der Waals surface area contributed by atoms with Crippen molar-refractivity contribution in [1.29, 1.82) is 0 Å². The van der Waals surface area contributed by atoms with Crippen LogP contribution in [0.5, 0.6) is 0 Å². The van der Waals surface area contributed by atoms with Crippen LogP contribution < -0.4 is 10.7 Å². The molecule has 33 heavy (non-hydrogen) atoms. The van der Waals surface area contributed by atoms with Crippen molar-refractivity contribution < 1.29 is 42.0 Å². The Morgan fingerprint density at radius 1 is 1.27 bits per heavy atom. The Balaban J connectivity index is 1.88. The number of carbonyl (C=O) groups excluding carboxylic acids is 3. The van der Waals surface area contributed by atoms with E-state index in [2.05, 4.69) is 36.3 Å². The molecule has 0 radical (unpaired) electrons. The number of carbonyl (C=O) groups is 3. The molecule has 0 aromatic rings. The Labute approximate surface area is 194 Å². The number of likely N-dealkylation sites (N-methyl/N-ethyl adjacent to an activating group) is 1. The number of phosphoric ester groups is 1. The number of ether oxygens (including phenoxy) is 2.